The topological polar surface area (TPSA) is 35.6 Å². The molecule has 100 valence electrons. The standard InChI is InChI=1S/C13H27N3O/c1-5-12(4)14-13(17)16-8-6-15(7-9-16)10-11(2)3/h11-12H,5-10H2,1-4H3,(H,14,17). The van der Waals surface area contributed by atoms with Crippen LogP contribution in [0.2, 0.25) is 0 Å². The summed E-state index contributed by atoms with van der Waals surface area (Å²) in [6.45, 7) is 13.5. The fraction of sp³-hybridized carbons (Fsp3) is 0.923. The molecule has 1 rings (SSSR count). The molecule has 1 fully saturated rings. The number of piperazine rings is 1. The number of hydrogen-bond donors (Lipinski definition) is 1. The lowest BCUT2D eigenvalue weighted by Crippen LogP contribution is -2.53. The Morgan fingerprint density at radius 1 is 1.18 bits per heavy atom. The van der Waals surface area contributed by atoms with E-state index in [1.54, 1.807) is 0 Å². The van der Waals surface area contributed by atoms with E-state index in [0.717, 1.165) is 39.1 Å². The van der Waals surface area contributed by atoms with E-state index in [2.05, 4.69) is 31.0 Å². The number of amides is 2. The van der Waals surface area contributed by atoms with Crippen molar-refractivity contribution < 1.29 is 4.79 Å². The third kappa shape index (κ3) is 4.94. The first-order valence-corrected chi connectivity index (χ1v) is 6.80. The van der Waals surface area contributed by atoms with Gasteiger partial charge in [0.25, 0.3) is 0 Å². The minimum Gasteiger partial charge on any atom is -0.336 e. The number of nitrogens with zero attached hydrogens (tertiary/aromatic N) is 2. The van der Waals surface area contributed by atoms with E-state index in [1.165, 1.54) is 0 Å². The second-order valence-electron chi connectivity index (χ2n) is 5.44. The van der Waals surface area contributed by atoms with Crippen LogP contribution in [-0.4, -0.2) is 54.6 Å². The zero-order valence-electron chi connectivity index (χ0n) is 11.7. The van der Waals surface area contributed by atoms with Crippen LogP contribution in [0.4, 0.5) is 4.79 Å². The molecule has 1 aliphatic rings. The van der Waals surface area contributed by atoms with Gasteiger partial charge >= 0.3 is 6.03 Å². The normalized spacial score (nSPS) is 19.5. The molecule has 1 unspecified atom stereocenters. The Hall–Kier alpha value is -0.770. The first-order valence-electron chi connectivity index (χ1n) is 6.80. The second kappa shape index (κ2) is 6.84. The molecule has 4 nitrogen and oxygen atoms in total. The maximum atomic E-state index is 11.9. The summed E-state index contributed by atoms with van der Waals surface area (Å²) in [5, 5.41) is 3.02. The molecule has 0 radical (unpaired) electrons. The highest BCUT2D eigenvalue weighted by molar-refractivity contribution is 5.74. The van der Waals surface area contributed by atoms with E-state index in [-0.39, 0.29) is 12.1 Å². The van der Waals surface area contributed by atoms with Crippen LogP contribution in [0.25, 0.3) is 0 Å². The van der Waals surface area contributed by atoms with Crippen molar-refractivity contribution in [1.82, 2.24) is 15.1 Å². The van der Waals surface area contributed by atoms with Gasteiger partial charge in [0.05, 0.1) is 0 Å². The van der Waals surface area contributed by atoms with E-state index in [1.807, 2.05) is 11.8 Å². The van der Waals surface area contributed by atoms with Crippen LogP contribution in [-0.2, 0) is 0 Å². The van der Waals surface area contributed by atoms with E-state index in [9.17, 15) is 4.79 Å². The maximum absolute atomic E-state index is 11.9. The number of carbonyl (C=O) groups is 1. The van der Waals surface area contributed by atoms with Crippen molar-refractivity contribution in [3.63, 3.8) is 0 Å². The van der Waals surface area contributed by atoms with Crippen molar-refractivity contribution in [3.8, 4) is 0 Å². The van der Waals surface area contributed by atoms with Crippen molar-refractivity contribution in [3.05, 3.63) is 0 Å². The predicted molar refractivity (Wildman–Crippen MR) is 71.1 cm³/mol. The summed E-state index contributed by atoms with van der Waals surface area (Å²) in [4.78, 5) is 16.3. The first-order chi connectivity index (χ1) is 8.02. The van der Waals surface area contributed by atoms with Crippen LogP contribution in [0, 0.1) is 5.92 Å². The minimum absolute atomic E-state index is 0.101. The van der Waals surface area contributed by atoms with Gasteiger partial charge in [-0.05, 0) is 19.3 Å². The molecule has 1 saturated heterocycles. The van der Waals surface area contributed by atoms with Crippen LogP contribution >= 0.6 is 0 Å². The van der Waals surface area contributed by atoms with Crippen molar-refractivity contribution in [2.45, 2.75) is 40.2 Å². The Balaban J connectivity index is 2.28. The first kappa shape index (κ1) is 14.3. The van der Waals surface area contributed by atoms with Crippen molar-refractivity contribution in [2.75, 3.05) is 32.7 Å². The van der Waals surface area contributed by atoms with E-state index in [0.29, 0.717) is 5.92 Å². The van der Waals surface area contributed by atoms with Crippen LogP contribution < -0.4 is 5.32 Å². The zero-order valence-corrected chi connectivity index (χ0v) is 11.7. The van der Waals surface area contributed by atoms with E-state index in [4.69, 9.17) is 0 Å². The smallest absolute Gasteiger partial charge is 0.317 e. The molecule has 0 aromatic heterocycles. The number of nitrogens with one attached hydrogen (secondary N) is 1. The predicted octanol–water partition coefficient (Wildman–Crippen LogP) is 1.77. The van der Waals surface area contributed by atoms with Gasteiger partial charge in [-0.1, -0.05) is 20.8 Å². The van der Waals surface area contributed by atoms with Crippen molar-refractivity contribution >= 4 is 6.03 Å². The SMILES string of the molecule is CCC(C)NC(=O)N1CCN(CC(C)C)CC1. The quantitative estimate of drug-likeness (QED) is 0.814. The number of hydrogen-bond acceptors (Lipinski definition) is 2. The summed E-state index contributed by atoms with van der Waals surface area (Å²) in [6.07, 6.45) is 0.985. The van der Waals surface area contributed by atoms with E-state index >= 15 is 0 Å². The van der Waals surface area contributed by atoms with Crippen molar-refractivity contribution in [2.24, 2.45) is 5.92 Å². The summed E-state index contributed by atoms with van der Waals surface area (Å²) in [6, 6.07) is 0.375. The Kier molecular flexibility index (Phi) is 5.75. The van der Waals surface area contributed by atoms with Crippen LogP contribution in [0.15, 0.2) is 0 Å². The molecule has 4 heteroatoms. The van der Waals surface area contributed by atoms with Crippen molar-refractivity contribution in [1.29, 1.82) is 0 Å². The van der Waals surface area contributed by atoms with Gasteiger partial charge in [0.2, 0.25) is 0 Å². The molecule has 0 spiro atoms. The van der Waals surface area contributed by atoms with Gasteiger partial charge < -0.3 is 10.2 Å². The number of carbonyl (C=O) groups excluding carboxylic acids is 1. The summed E-state index contributed by atoms with van der Waals surface area (Å²) in [7, 11) is 0. The van der Waals surface area contributed by atoms with Gasteiger partial charge in [-0.2, -0.15) is 0 Å². The molecule has 1 atom stereocenters. The number of urea groups is 1. The second-order valence-corrected chi connectivity index (χ2v) is 5.44. The highest BCUT2D eigenvalue weighted by Crippen LogP contribution is 2.05. The lowest BCUT2D eigenvalue weighted by atomic mass is 10.2. The largest absolute Gasteiger partial charge is 0.336 e. The Morgan fingerprint density at radius 3 is 2.24 bits per heavy atom. The van der Waals surface area contributed by atoms with Crippen LogP contribution in [0.5, 0.6) is 0 Å². The molecule has 1 heterocycles. The van der Waals surface area contributed by atoms with Gasteiger partial charge in [0.1, 0.15) is 0 Å². The molecule has 1 aliphatic heterocycles. The average Bonchev–Trinajstić information content (AvgIpc) is 2.28. The summed E-state index contributed by atoms with van der Waals surface area (Å²) < 4.78 is 0. The highest BCUT2D eigenvalue weighted by Gasteiger charge is 2.21. The van der Waals surface area contributed by atoms with Gasteiger partial charge in [0, 0.05) is 38.8 Å². The number of rotatable bonds is 4. The van der Waals surface area contributed by atoms with Crippen LogP contribution in [0.1, 0.15) is 34.1 Å². The molecule has 17 heavy (non-hydrogen) atoms. The summed E-state index contributed by atoms with van der Waals surface area (Å²) >= 11 is 0. The Labute approximate surface area is 105 Å². The molecule has 0 aliphatic carbocycles. The van der Waals surface area contributed by atoms with Gasteiger partial charge in [0.15, 0.2) is 0 Å². The fourth-order valence-corrected chi connectivity index (χ4v) is 2.05. The van der Waals surface area contributed by atoms with Gasteiger partial charge in [-0.3, -0.25) is 4.90 Å². The molecular weight excluding hydrogens is 214 g/mol. The third-order valence-electron chi connectivity index (χ3n) is 3.27. The Morgan fingerprint density at radius 2 is 1.76 bits per heavy atom. The summed E-state index contributed by atoms with van der Waals surface area (Å²) in [5.41, 5.74) is 0. The lowest BCUT2D eigenvalue weighted by molar-refractivity contribution is 0.129. The third-order valence-corrected chi connectivity index (χ3v) is 3.27. The molecule has 0 aromatic rings. The van der Waals surface area contributed by atoms with Gasteiger partial charge in [-0.15, -0.1) is 0 Å². The molecule has 2 amide bonds. The monoisotopic (exact) mass is 241 g/mol. The molecule has 1 N–H and O–H groups in total. The zero-order chi connectivity index (χ0) is 12.8. The molecular formula is C13H27N3O. The van der Waals surface area contributed by atoms with Gasteiger partial charge in [-0.25, -0.2) is 4.79 Å². The Bertz CT molecular complexity index is 235. The minimum atomic E-state index is 0.101. The fourth-order valence-electron chi connectivity index (χ4n) is 2.05. The van der Waals surface area contributed by atoms with Crippen LogP contribution in [0.3, 0.4) is 0 Å². The molecule has 0 bridgehead atoms. The molecule has 0 saturated carbocycles. The van der Waals surface area contributed by atoms with E-state index < -0.39 is 0 Å². The lowest BCUT2D eigenvalue weighted by Gasteiger charge is -2.36. The molecule has 0 aromatic carbocycles. The average molecular weight is 241 g/mol. The highest BCUT2D eigenvalue weighted by atomic mass is 16.2. The maximum Gasteiger partial charge on any atom is 0.317 e. The summed E-state index contributed by atoms with van der Waals surface area (Å²) in [5.74, 6) is 0.704.